The maximum absolute atomic E-state index is 13.6. The largest absolute Gasteiger partial charge is 0.382 e. The molecule has 1 amide bonds. The molecule has 1 aliphatic carbocycles. The van der Waals surface area contributed by atoms with Crippen molar-refractivity contribution in [2.75, 3.05) is 11.9 Å². The number of aryl methyl sites for hydroxylation is 1. The van der Waals surface area contributed by atoms with Gasteiger partial charge in [-0.2, -0.15) is 13.9 Å². The Morgan fingerprint density at radius 1 is 1.38 bits per heavy atom. The molecule has 168 valence electrons. The minimum Gasteiger partial charge on any atom is -0.382 e. The van der Waals surface area contributed by atoms with E-state index >= 15 is 0 Å². The van der Waals surface area contributed by atoms with Gasteiger partial charge in [-0.3, -0.25) is 9.59 Å². The molecule has 10 heteroatoms. The van der Waals surface area contributed by atoms with Crippen LogP contribution < -0.4 is 10.6 Å². The van der Waals surface area contributed by atoms with Crippen LogP contribution >= 0.6 is 20.7 Å². The summed E-state index contributed by atoms with van der Waals surface area (Å²) in [6, 6.07) is 7.19. The van der Waals surface area contributed by atoms with Crippen molar-refractivity contribution in [3.8, 4) is 11.3 Å². The maximum atomic E-state index is 13.6. The lowest BCUT2D eigenvalue weighted by molar-refractivity contribution is 0.0950. The number of anilines is 1. The van der Waals surface area contributed by atoms with Crippen LogP contribution in [0.3, 0.4) is 0 Å². The Bertz CT molecular complexity index is 1210. The lowest BCUT2D eigenvalue weighted by Crippen LogP contribution is -2.26. The molecule has 1 saturated carbocycles. The van der Waals surface area contributed by atoms with Crippen molar-refractivity contribution in [1.82, 2.24) is 19.9 Å². The Balaban J connectivity index is 1.65. The predicted molar refractivity (Wildman–Crippen MR) is 128 cm³/mol. The standard InChI is InChI=1S/C22H22F2IN5O2/c1-13-9-14(3-6-17(13)21(32)28-15-4-5-15)19-11-27-20-18(10-16(12-31)29-30(19)20)26-8-7-22(23,24)25-2/h3,6,9-12,15,26H,2,4-5,7-8H2,1H3,(H,28,32). The number of amides is 1. The molecule has 0 spiro atoms. The summed E-state index contributed by atoms with van der Waals surface area (Å²) >= 11 is -1.45. The molecule has 4 rings (SSSR count). The number of carbonyl (C=O) groups is 2. The summed E-state index contributed by atoms with van der Waals surface area (Å²) < 4.78 is 29.3. The zero-order chi connectivity index (χ0) is 22.9. The smallest absolute Gasteiger partial charge is 0.292 e. The molecule has 1 fully saturated rings. The zero-order valence-electron chi connectivity index (χ0n) is 17.4. The number of nitrogens with one attached hydrogen (secondary N) is 2. The van der Waals surface area contributed by atoms with E-state index in [4.69, 9.17) is 0 Å². The van der Waals surface area contributed by atoms with E-state index in [1.807, 2.05) is 13.0 Å². The van der Waals surface area contributed by atoms with Crippen molar-refractivity contribution >= 4 is 48.8 Å². The molecule has 0 bridgehead atoms. The summed E-state index contributed by atoms with van der Waals surface area (Å²) in [5, 5.41) is 10.2. The highest BCUT2D eigenvalue weighted by molar-refractivity contribution is 14.2. The molecule has 0 aliphatic heterocycles. The number of benzene rings is 1. The van der Waals surface area contributed by atoms with Crippen LogP contribution in [0.1, 0.15) is 45.7 Å². The minimum absolute atomic E-state index is 0.0202. The van der Waals surface area contributed by atoms with E-state index in [2.05, 4.69) is 25.2 Å². The van der Waals surface area contributed by atoms with Crippen LogP contribution in [0.25, 0.3) is 16.9 Å². The van der Waals surface area contributed by atoms with Crippen molar-refractivity contribution in [3.63, 3.8) is 0 Å². The van der Waals surface area contributed by atoms with Crippen LogP contribution in [0.5, 0.6) is 0 Å². The van der Waals surface area contributed by atoms with Gasteiger partial charge in [0.2, 0.25) is 0 Å². The first-order valence-electron chi connectivity index (χ1n) is 10.1. The second-order valence-electron chi connectivity index (χ2n) is 7.68. The molecule has 0 unspecified atom stereocenters. The van der Waals surface area contributed by atoms with Crippen LogP contribution in [-0.4, -0.2) is 47.8 Å². The van der Waals surface area contributed by atoms with Gasteiger partial charge >= 0.3 is 0 Å². The van der Waals surface area contributed by atoms with Gasteiger partial charge in [0.25, 0.3) is 9.84 Å². The maximum Gasteiger partial charge on any atom is 0.292 e. The van der Waals surface area contributed by atoms with E-state index in [1.54, 1.807) is 18.3 Å². The summed E-state index contributed by atoms with van der Waals surface area (Å²) in [5.74, 6) is -0.0935. The third kappa shape index (κ3) is 4.84. The highest BCUT2D eigenvalue weighted by Crippen LogP contribution is 2.31. The second kappa shape index (κ2) is 9.00. The van der Waals surface area contributed by atoms with Crippen LogP contribution in [0.2, 0.25) is 0 Å². The molecule has 0 atom stereocenters. The minimum atomic E-state index is -2.76. The van der Waals surface area contributed by atoms with Gasteiger partial charge in [-0.25, -0.2) is 9.50 Å². The van der Waals surface area contributed by atoms with Gasteiger partial charge in [0, 0.05) is 30.1 Å². The number of hydrogen-bond donors (Lipinski definition) is 2. The average molecular weight is 553 g/mol. The Kier molecular flexibility index (Phi) is 6.31. The molecular weight excluding hydrogens is 531 g/mol. The Labute approximate surface area is 193 Å². The number of hydrogen-bond acceptors (Lipinski definition) is 5. The number of aldehydes is 1. The van der Waals surface area contributed by atoms with Gasteiger partial charge in [-0.05, 0) is 43.5 Å². The number of carbonyl (C=O) groups excluding carboxylic acids is 2. The van der Waals surface area contributed by atoms with E-state index in [9.17, 15) is 18.4 Å². The van der Waals surface area contributed by atoms with Crippen molar-refractivity contribution in [2.24, 2.45) is 0 Å². The van der Waals surface area contributed by atoms with Gasteiger partial charge in [0.05, 0.1) is 17.6 Å². The van der Waals surface area contributed by atoms with Gasteiger partial charge in [0.15, 0.2) is 11.9 Å². The topological polar surface area (TPSA) is 88.4 Å². The molecule has 1 aliphatic rings. The normalized spacial score (nSPS) is 13.8. The molecule has 0 saturated heterocycles. The van der Waals surface area contributed by atoms with E-state index < -0.39 is 24.7 Å². The highest BCUT2D eigenvalue weighted by atomic mass is 127. The van der Waals surface area contributed by atoms with Crippen LogP contribution in [0.4, 0.5) is 14.5 Å². The quantitative estimate of drug-likeness (QED) is 0.236. The number of imidazole rings is 1. The number of alkyl halides is 3. The van der Waals surface area contributed by atoms with Crippen LogP contribution in [0.15, 0.2) is 30.5 Å². The number of nitrogens with zero attached hydrogens (tertiary/aromatic N) is 3. The monoisotopic (exact) mass is 553 g/mol. The molecule has 3 aromatic rings. The summed E-state index contributed by atoms with van der Waals surface area (Å²) in [7, 11) is 0. The Hall–Kier alpha value is -2.76. The molecule has 7 nitrogen and oxygen atoms in total. The first-order chi connectivity index (χ1) is 15.3. The fourth-order valence-corrected chi connectivity index (χ4v) is 4.00. The SMILES string of the molecule is C=IC(F)(F)CCNc1cc(C=O)nn2c(-c3ccc(C(=O)NC4CC4)c(C)c3)cnc12. The fourth-order valence-electron chi connectivity index (χ4n) is 3.35. The summed E-state index contributed by atoms with van der Waals surface area (Å²) in [6.45, 7) is 1.88. The van der Waals surface area contributed by atoms with Gasteiger partial charge < -0.3 is 10.6 Å². The molecule has 2 heterocycles. The Morgan fingerprint density at radius 3 is 2.81 bits per heavy atom. The summed E-state index contributed by atoms with van der Waals surface area (Å²) in [6.07, 6.45) is 3.89. The summed E-state index contributed by atoms with van der Waals surface area (Å²) in [5.41, 5.74) is 3.82. The number of aromatic nitrogens is 3. The van der Waals surface area contributed by atoms with Crippen LogP contribution in [-0.2, 0) is 0 Å². The number of halogens is 3. The Morgan fingerprint density at radius 2 is 2.16 bits per heavy atom. The lowest BCUT2D eigenvalue weighted by Gasteiger charge is -2.13. The van der Waals surface area contributed by atoms with Crippen molar-refractivity contribution in [3.05, 3.63) is 47.3 Å². The molecular formula is C22H22F2IN5O2. The van der Waals surface area contributed by atoms with Gasteiger partial charge in [-0.15, -0.1) is 0 Å². The van der Waals surface area contributed by atoms with Gasteiger partial charge in [-0.1, -0.05) is 31.3 Å². The molecule has 2 N–H and O–H groups in total. The highest BCUT2D eigenvalue weighted by Gasteiger charge is 2.25. The van der Waals surface area contributed by atoms with Crippen molar-refractivity contribution in [2.45, 2.75) is 36.2 Å². The van der Waals surface area contributed by atoms with E-state index in [-0.39, 0.29) is 30.6 Å². The number of fused-ring (bicyclic) bond motifs is 1. The molecule has 2 aromatic heterocycles. The van der Waals surface area contributed by atoms with Gasteiger partial charge in [0.1, 0.15) is 5.69 Å². The third-order valence-corrected chi connectivity index (χ3v) is 6.86. The fraction of sp³-hybridized carbons (Fsp3) is 0.318. The van der Waals surface area contributed by atoms with Crippen molar-refractivity contribution < 1.29 is 18.4 Å². The summed E-state index contributed by atoms with van der Waals surface area (Å²) in [4.78, 5) is 28.2. The van der Waals surface area contributed by atoms with Crippen molar-refractivity contribution in [1.29, 1.82) is 0 Å². The third-order valence-electron chi connectivity index (χ3n) is 5.21. The molecule has 32 heavy (non-hydrogen) atoms. The van der Waals surface area contributed by atoms with E-state index in [0.29, 0.717) is 28.9 Å². The van der Waals surface area contributed by atoms with E-state index in [1.165, 1.54) is 10.6 Å². The average Bonchev–Trinajstić information content (AvgIpc) is 3.48. The zero-order valence-corrected chi connectivity index (χ0v) is 19.5. The first-order valence-corrected chi connectivity index (χ1v) is 12.7. The predicted octanol–water partition coefficient (Wildman–Crippen LogP) is 4.21. The first kappa shape index (κ1) is 22.4. The molecule has 0 radical (unpaired) electrons. The number of rotatable bonds is 9. The van der Waals surface area contributed by atoms with E-state index in [0.717, 1.165) is 24.0 Å². The van der Waals surface area contributed by atoms with Crippen LogP contribution in [0, 0.1) is 6.92 Å². The second-order valence-corrected chi connectivity index (χ2v) is 10.0. The lowest BCUT2D eigenvalue weighted by atomic mass is 10.0. The molecule has 1 aromatic carbocycles.